The molecule has 1 saturated heterocycles. The van der Waals surface area contributed by atoms with Crippen LogP contribution in [0.4, 0.5) is 5.69 Å². The summed E-state index contributed by atoms with van der Waals surface area (Å²) in [5, 5.41) is 3.43. The number of hydrogen-bond acceptors (Lipinski definition) is 4. The molecule has 1 aliphatic heterocycles. The Kier molecular flexibility index (Phi) is 4.98. The number of aromatic nitrogens is 5. The minimum absolute atomic E-state index is 0.0406. The fraction of sp³-hybridized carbons (Fsp3) is 0.296. The van der Waals surface area contributed by atoms with Crippen molar-refractivity contribution < 1.29 is 0 Å². The first-order chi connectivity index (χ1) is 16.6. The molecule has 1 fully saturated rings. The summed E-state index contributed by atoms with van der Waals surface area (Å²) in [5.74, 6) is -0.106. The van der Waals surface area contributed by atoms with Gasteiger partial charge in [-0.3, -0.25) is 9.89 Å². The van der Waals surface area contributed by atoms with Crippen LogP contribution in [0.3, 0.4) is 0 Å². The van der Waals surface area contributed by atoms with Gasteiger partial charge in [-0.2, -0.15) is 4.52 Å². The number of imidazole rings is 1. The summed E-state index contributed by atoms with van der Waals surface area (Å²) in [7, 11) is 0. The predicted octanol–water partition coefficient (Wildman–Crippen LogP) is 4.79. The van der Waals surface area contributed by atoms with E-state index < -0.39 is 0 Å². The molecule has 172 valence electrons. The lowest BCUT2D eigenvalue weighted by Crippen LogP contribution is -2.30. The molecule has 1 aliphatic rings. The molecule has 1 N–H and O–H groups in total. The van der Waals surface area contributed by atoms with E-state index in [2.05, 4.69) is 34.0 Å². The van der Waals surface area contributed by atoms with E-state index in [1.54, 1.807) is 10.7 Å². The van der Waals surface area contributed by atoms with E-state index >= 15 is 0 Å². The summed E-state index contributed by atoms with van der Waals surface area (Å²) < 4.78 is 3.64. The third kappa shape index (κ3) is 3.31. The van der Waals surface area contributed by atoms with Gasteiger partial charge in [-0.25, -0.2) is 9.97 Å². The molecule has 0 bridgehead atoms. The van der Waals surface area contributed by atoms with Crippen molar-refractivity contribution in [2.75, 3.05) is 18.0 Å². The summed E-state index contributed by atoms with van der Waals surface area (Å²) in [6.45, 7) is 5.98. The molecule has 1 aromatic carbocycles. The standard InChI is InChI=1S/C27H28N6O/c1-18(21-11-12-22-28-13-16-32(22)17-21)23-19(2)29-26-25(31-14-7-4-8-15-31)24(30-33(26)27(23)34)20-9-5-3-6-10-20/h3,5-6,9-13,16-18,30H,4,7-8,14-15H2,1-2H3. The first kappa shape index (κ1) is 20.7. The lowest BCUT2D eigenvalue weighted by Gasteiger charge is -2.28. The fourth-order valence-electron chi connectivity index (χ4n) is 5.26. The zero-order valence-corrected chi connectivity index (χ0v) is 19.5. The summed E-state index contributed by atoms with van der Waals surface area (Å²) in [6, 6.07) is 14.3. The van der Waals surface area contributed by atoms with Crippen LogP contribution in [0.2, 0.25) is 0 Å². The maximum atomic E-state index is 13.9. The van der Waals surface area contributed by atoms with Crippen LogP contribution in [-0.2, 0) is 0 Å². The molecular weight excluding hydrogens is 424 g/mol. The van der Waals surface area contributed by atoms with Gasteiger partial charge in [-0.05, 0) is 37.8 Å². The van der Waals surface area contributed by atoms with Crippen molar-refractivity contribution in [1.82, 2.24) is 24.0 Å². The van der Waals surface area contributed by atoms with E-state index in [1.165, 1.54) is 6.42 Å². The van der Waals surface area contributed by atoms with Crippen molar-refractivity contribution in [2.45, 2.75) is 39.0 Å². The average molecular weight is 453 g/mol. The van der Waals surface area contributed by atoms with Crippen LogP contribution < -0.4 is 10.5 Å². The van der Waals surface area contributed by atoms with Crippen LogP contribution in [0.15, 0.2) is 65.8 Å². The van der Waals surface area contributed by atoms with Gasteiger partial charge in [0.15, 0.2) is 5.65 Å². The minimum atomic E-state index is -0.106. The molecule has 5 heterocycles. The maximum absolute atomic E-state index is 13.9. The van der Waals surface area contributed by atoms with Gasteiger partial charge in [0.05, 0.1) is 5.69 Å². The van der Waals surface area contributed by atoms with Gasteiger partial charge in [-0.1, -0.05) is 43.3 Å². The highest BCUT2D eigenvalue weighted by Crippen LogP contribution is 2.35. The zero-order valence-electron chi connectivity index (χ0n) is 19.5. The SMILES string of the molecule is Cc1nc2c(N3CCCCC3)c(-c3ccccc3)[nH]n2c(=O)c1C(C)c1ccc2nccn2c1. The lowest BCUT2D eigenvalue weighted by molar-refractivity contribution is 0.579. The van der Waals surface area contributed by atoms with Crippen LogP contribution in [-0.4, -0.2) is 37.1 Å². The van der Waals surface area contributed by atoms with Crippen LogP contribution in [0, 0.1) is 6.92 Å². The summed E-state index contributed by atoms with van der Waals surface area (Å²) >= 11 is 0. The molecule has 5 aromatic rings. The normalized spacial score (nSPS) is 15.3. The molecule has 0 saturated carbocycles. The Morgan fingerprint density at radius 3 is 2.62 bits per heavy atom. The Morgan fingerprint density at radius 1 is 1.03 bits per heavy atom. The van der Waals surface area contributed by atoms with E-state index in [1.807, 2.05) is 54.0 Å². The molecule has 7 heteroatoms. The van der Waals surface area contributed by atoms with Crippen molar-refractivity contribution in [1.29, 1.82) is 0 Å². The molecule has 6 rings (SSSR count). The number of nitrogens with zero attached hydrogens (tertiary/aromatic N) is 5. The number of hydrogen-bond donors (Lipinski definition) is 1. The van der Waals surface area contributed by atoms with Gasteiger partial charge in [0, 0.05) is 54.4 Å². The Morgan fingerprint density at radius 2 is 1.82 bits per heavy atom. The van der Waals surface area contributed by atoms with Gasteiger partial charge in [0.25, 0.3) is 5.56 Å². The molecule has 34 heavy (non-hydrogen) atoms. The molecular formula is C27H28N6O. The number of H-pyrrole nitrogens is 1. The third-order valence-electron chi connectivity index (χ3n) is 7.06. The van der Waals surface area contributed by atoms with E-state index in [4.69, 9.17) is 4.98 Å². The number of anilines is 1. The van der Waals surface area contributed by atoms with Crippen LogP contribution >= 0.6 is 0 Å². The number of aromatic amines is 1. The molecule has 1 unspecified atom stereocenters. The van der Waals surface area contributed by atoms with E-state index in [0.29, 0.717) is 11.2 Å². The molecule has 0 radical (unpaired) electrons. The number of benzene rings is 1. The van der Waals surface area contributed by atoms with Gasteiger partial charge < -0.3 is 9.30 Å². The topological polar surface area (TPSA) is 70.7 Å². The fourth-order valence-corrected chi connectivity index (χ4v) is 5.26. The minimum Gasteiger partial charge on any atom is -0.367 e. The van der Waals surface area contributed by atoms with Crippen molar-refractivity contribution in [3.05, 3.63) is 88.2 Å². The lowest BCUT2D eigenvalue weighted by atomic mass is 9.94. The van der Waals surface area contributed by atoms with Gasteiger partial charge in [0.1, 0.15) is 11.3 Å². The van der Waals surface area contributed by atoms with E-state index in [-0.39, 0.29) is 11.5 Å². The maximum Gasteiger partial charge on any atom is 0.276 e. The average Bonchev–Trinajstić information content (AvgIpc) is 3.49. The summed E-state index contributed by atoms with van der Waals surface area (Å²) in [5.41, 5.74) is 7.15. The molecule has 1 atom stereocenters. The van der Waals surface area contributed by atoms with Crippen LogP contribution in [0.25, 0.3) is 22.6 Å². The Bertz CT molecular complexity index is 1540. The number of aryl methyl sites for hydroxylation is 1. The van der Waals surface area contributed by atoms with E-state index in [0.717, 1.165) is 59.8 Å². The second-order valence-corrected chi connectivity index (χ2v) is 9.20. The molecule has 0 spiro atoms. The van der Waals surface area contributed by atoms with Gasteiger partial charge >= 0.3 is 0 Å². The Balaban J connectivity index is 1.55. The van der Waals surface area contributed by atoms with Crippen molar-refractivity contribution in [2.24, 2.45) is 0 Å². The highest BCUT2D eigenvalue weighted by atomic mass is 16.1. The van der Waals surface area contributed by atoms with E-state index in [9.17, 15) is 4.79 Å². The summed E-state index contributed by atoms with van der Waals surface area (Å²) in [6.07, 6.45) is 9.30. The Labute approximate surface area is 197 Å². The van der Waals surface area contributed by atoms with Crippen LogP contribution in [0.1, 0.15) is 48.9 Å². The van der Waals surface area contributed by atoms with Gasteiger partial charge in [-0.15, -0.1) is 0 Å². The third-order valence-corrected chi connectivity index (χ3v) is 7.06. The smallest absolute Gasteiger partial charge is 0.276 e. The van der Waals surface area contributed by atoms with Crippen molar-refractivity contribution >= 4 is 17.0 Å². The number of pyridine rings is 1. The predicted molar refractivity (Wildman–Crippen MR) is 135 cm³/mol. The monoisotopic (exact) mass is 452 g/mol. The molecule has 4 aromatic heterocycles. The quantitative estimate of drug-likeness (QED) is 0.426. The summed E-state index contributed by atoms with van der Waals surface area (Å²) in [4.78, 5) is 25.7. The first-order valence-electron chi connectivity index (χ1n) is 12.0. The number of rotatable bonds is 4. The number of fused-ring (bicyclic) bond motifs is 2. The number of nitrogens with one attached hydrogen (secondary N) is 1. The Hall–Kier alpha value is -3.87. The molecule has 0 amide bonds. The zero-order chi connectivity index (χ0) is 23.2. The highest BCUT2D eigenvalue weighted by Gasteiger charge is 2.26. The largest absolute Gasteiger partial charge is 0.367 e. The van der Waals surface area contributed by atoms with Crippen molar-refractivity contribution in [3.63, 3.8) is 0 Å². The molecule has 7 nitrogen and oxygen atoms in total. The first-order valence-corrected chi connectivity index (χ1v) is 12.0. The van der Waals surface area contributed by atoms with Crippen LogP contribution in [0.5, 0.6) is 0 Å². The highest BCUT2D eigenvalue weighted by molar-refractivity contribution is 5.86. The van der Waals surface area contributed by atoms with Gasteiger partial charge in [0.2, 0.25) is 0 Å². The second kappa shape index (κ2) is 8.17. The second-order valence-electron chi connectivity index (χ2n) is 9.20. The number of piperidine rings is 1. The molecule has 0 aliphatic carbocycles. The van der Waals surface area contributed by atoms with Crippen molar-refractivity contribution in [3.8, 4) is 11.3 Å².